The lowest BCUT2D eigenvalue weighted by molar-refractivity contribution is -0.144. The lowest BCUT2D eigenvalue weighted by atomic mass is 9.55. The minimum atomic E-state index is -1.11. The van der Waals surface area contributed by atoms with Gasteiger partial charge in [0.1, 0.15) is 19.2 Å². The fraction of sp³-hybridized carbons (Fsp3) is 0.514. The summed E-state index contributed by atoms with van der Waals surface area (Å²) >= 11 is 0. The van der Waals surface area contributed by atoms with E-state index in [1.54, 1.807) is 0 Å². The molecule has 5 rings (SSSR count). The van der Waals surface area contributed by atoms with Gasteiger partial charge < -0.3 is 20.1 Å². The molecule has 240 valence electrons. The molecule has 2 aromatic rings. The number of carbonyl (C=O) groups is 3. The number of allylic oxidation sites excluding steroid dienone is 3. The number of aromatic nitrogens is 1. The fourth-order valence-corrected chi connectivity index (χ4v) is 7.98. The van der Waals surface area contributed by atoms with Crippen LogP contribution in [-0.4, -0.2) is 52.2 Å². The number of nitrogens with one attached hydrogen (secondary N) is 1. The van der Waals surface area contributed by atoms with Crippen molar-refractivity contribution in [1.82, 2.24) is 15.2 Å². The van der Waals surface area contributed by atoms with Gasteiger partial charge in [0.2, 0.25) is 5.91 Å². The number of carboxylic acid groups (broad SMARTS) is 1. The second kappa shape index (κ2) is 14.9. The van der Waals surface area contributed by atoms with E-state index in [0.29, 0.717) is 24.2 Å². The Labute approximate surface area is 267 Å². The molecule has 1 aromatic carbocycles. The monoisotopic (exact) mass is 613 g/mol. The second-order valence-corrected chi connectivity index (χ2v) is 13.2. The molecule has 0 spiro atoms. The second-order valence-electron chi connectivity index (χ2n) is 13.2. The van der Waals surface area contributed by atoms with Crippen LogP contribution >= 0.6 is 0 Å². The molecule has 2 amide bonds. The third-order valence-electron chi connectivity index (χ3n) is 10.3. The molecule has 3 aliphatic carbocycles. The van der Waals surface area contributed by atoms with Crippen LogP contribution in [0, 0.1) is 23.2 Å². The van der Waals surface area contributed by atoms with E-state index < -0.39 is 24.5 Å². The maximum Gasteiger partial charge on any atom is 0.407 e. The van der Waals surface area contributed by atoms with E-state index in [4.69, 9.17) is 4.74 Å². The topological polar surface area (TPSA) is 109 Å². The van der Waals surface area contributed by atoms with Crippen LogP contribution in [0.4, 0.5) is 4.79 Å². The third kappa shape index (κ3) is 8.02. The van der Waals surface area contributed by atoms with Crippen LogP contribution in [0.1, 0.15) is 82.8 Å². The average Bonchev–Trinajstić information content (AvgIpc) is 3.40. The Hall–Kier alpha value is -3.94. The van der Waals surface area contributed by atoms with Crippen molar-refractivity contribution in [2.24, 2.45) is 23.2 Å². The number of fused-ring (bicyclic) bond motifs is 3. The first-order valence-corrected chi connectivity index (χ1v) is 16.5. The summed E-state index contributed by atoms with van der Waals surface area (Å²) in [5.74, 6) is 0.369. The summed E-state index contributed by atoms with van der Waals surface area (Å²) in [5, 5.41) is 11.9. The van der Waals surface area contributed by atoms with Crippen molar-refractivity contribution in [2.45, 2.75) is 84.3 Å². The van der Waals surface area contributed by atoms with Crippen LogP contribution in [0.3, 0.4) is 0 Å². The average molecular weight is 614 g/mol. The standard InChI is InChI=1S/C37H47N3O5/c1-3-4-12-30(45-36(44)39-23-34(41)40(25-35(42)43)24-26-9-6-5-7-10-26)21-27-13-14-31-28(20-27)17-18-37(2)32(15-16-33(31)37)29-11-8-19-38-22-29/h5-11,13,15,19,22,28,30-31,33H,3-4,12,14,16-18,20-21,23-25H2,1-2H3,(H,39,44)(H,42,43)/t28-,30+,31-,33+,37-/m1/s1. The molecule has 45 heavy (non-hydrogen) atoms. The van der Waals surface area contributed by atoms with Gasteiger partial charge in [0.25, 0.3) is 0 Å². The zero-order valence-corrected chi connectivity index (χ0v) is 26.6. The summed E-state index contributed by atoms with van der Waals surface area (Å²) in [6.07, 6.45) is 16.9. The third-order valence-corrected chi connectivity index (χ3v) is 10.3. The van der Waals surface area contributed by atoms with E-state index in [1.165, 1.54) is 34.5 Å². The first-order valence-electron chi connectivity index (χ1n) is 16.5. The lowest BCUT2D eigenvalue weighted by Crippen LogP contribution is -2.43. The minimum Gasteiger partial charge on any atom is -0.480 e. The van der Waals surface area contributed by atoms with Crippen molar-refractivity contribution in [2.75, 3.05) is 13.1 Å². The summed E-state index contributed by atoms with van der Waals surface area (Å²) in [7, 11) is 0. The molecule has 0 aliphatic heterocycles. The number of benzene rings is 1. The first-order chi connectivity index (χ1) is 21.8. The van der Waals surface area contributed by atoms with E-state index >= 15 is 0 Å². The number of hydrogen-bond donors (Lipinski definition) is 2. The number of ether oxygens (including phenoxy) is 1. The molecule has 8 heteroatoms. The Morgan fingerprint density at radius 2 is 1.96 bits per heavy atom. The number of alkyl carbamates (subject to hydrolysis) is 1. The van der Waals surface area contributed by atoms with E-state index in [2.05, 4.69) is 42.4 Å². The molecule has 1 aromatic heterocycles. The van der Waals surface area contributed by atoms with Gasteiger partial charge in [-0.25, -0.2) is 4.79 Å². The number of nitrogens with zero attached hydrogens (tertiary/aromatic N) is 2. The summed E-state index contributed by atoms with van der Waals surface area (Å²) in [6, 6.07) is 13.4. The van der Waals surface area contributed by atoms with Gasteiger partial charge >= 0.3 is 12.1 Å². The van der Waals surface area contributed by atoms with Gasteiger partial charge in [-0.1, -0.05) is 80.8 Å². The molecule has 8 nitrogen and oxygen atoms in total. The number of pyridine rings is 1. The number of carbonyl (C=O) groups excluding carboxylic acids is 2. The molecule has 0 unspecified atom stereocenters. The molecule has 0 saturated heterocycles. The van der Waals surface area contributed by atoms with E-state index in [9.17, 15) is 19.5 Å². The summed E-state index contributed by atoms with van der Waals surface area (Å²) in [5.41, 5.74) is 5.11. The van der Waals surface area contributed by atoms with Crippen LogP contribution < -0.4 is 5.32 Å². The number of unbranched alkanes of at least 4 members (excludes halogenated alkanes) is 1. The van der Waals surface area contributed by atoms with E-state index in [-0.39, 0.29) is 24.6 Å². The van der Waals surface area contributed by atoms with Crippen LogP contribution in [-0.2, 0) is 20.9 Å². The molecule has 1 fully saturated rings. The highest BCUT2D eigenvalue weighted by Crippen LogP contribution is 2.61. The van der Waals surface area contributed by atoms with Crippen molar-refractivity contribution in [3.8, 4) is 0 Å². The minimum absolute atomic E-state index is 0.152. The molecule has 1 heterocycles. The molecular weight excluding hydrogens is 566 g/mol. The maximum atomic E-state index is 12.9. The highest BCUT2D eigenvalue weighted by Gasteiger charge is 2.51. The van der Waals surface area contributed by atoms with Crippen molar-refractivity contribution in [3.63, 3.8) is 0 Å². The van der Waals surface area contributed by atoms with Gasteiger partial charge in [-0.05, 0) is 84.5 Å². The fourth-order valence-electron chi connectivity index (χ4n) is 7.98. The number of aliphatic carboxylic acids is 1. The van der Waals surface area contributed by atoms with Crippen molar-refractivity contribution < 1.29 is 24.2 Å². The Kier molecular flexibility index (Phi) is 10.7. The van der Waals surface area contributed by atoms with Gasteiger partial charge in [0.05, 0.1) is 0 Å². The highest BCUT2D eigenvalue weighted by molar-refractivity contribution is 5.85. The van der Waals surface area contributed by atoms with Gasteiger partial charge in [0.15, 0.2) is 0 Å². The van der Waals surface area contributed by atoms with Crippen LogP contribution in [0.15, 0.2) is 72.6 Å². The molecular formula is C37H47N3O5. The molecule has 5 atom stereocenters. The first kappa shape index (κ1) is 32.5. The number of rotatable bonds is 13. The zero-order chi connectivity index (χ0) is 31.8. The molecule has 1 saturated carbocycles. The van der Waals surface area contributed by atoms with Crippen LogP contribution in [0.5, 0.6) is 0 Å². The number of amides is 2. The van der Waals surface area contributed by atoms with Gasteiger partial charge in [0, 0.05) is 25.4 Å². The smallest absolute Gasteiger partial charge is 0.407 e. The van der Waals surface area contributed by atoms with Crippen molar-refractivity contribution in [3.05, 3.63) is 83.7 Å². The SMILES string of the molecule is CCCC[C@@H](CC1=CC[C@@H]2[C@H](CC[C@]3(C)C(c4cccnc4)=CC[C@@H]23)C1)OC(=O)NCC(=O)N(CC(=O)O)Cc1ccccc1. The normalized spacial score (nSPS) is 24.4. The molecule has 0 bridgehead atoms. The summed E-state index contributed by atoms with van der Waals surface area (Å²) in [6.45, 7) is 3.97. The van der Waals surface area contributed by atoms with Gasteiger partial charge in [-0.3, -0.25) is 14.6 Å². The predicted octanol–water partition coefficient (Wildman–Crippen LogP) is 7.03. The van der Waals surface area contributed by atoms with Gasteiger partial charge in [-0.15, -0.1) is 0 Å². The van der Waals surface area contributed by atoms with Crippen molar-refractivity contribution in [1.29, 1.82) is 0 Å². The Bertz CT molecular complexity index is 1390. The Morgan fingerprint density at radius 3 is 2.69 bits per heavy atom. The molecule has 3 aliphatic rings. The van der Waals surface area contributed by atoms with E-state index in [0.717, 1.165) is 44.1 Å². The maximum absolute atomic E-state index is 12.9. The summed E-state index contributed by atoms with van der Waals surface area (Å²) in [4.78, 5) is 42.7. The summed E-state index contributed by atoms with van der Waals surface area (Å²) < 4.78 is 5.88. The quantitative estimate of drug-likeness (QED) is 0.235. The zero-order valence-electron chi connectivity index (χ0n) is 26.6. The van der Waals surface area contributed by atoms with E-state index in [1.807, 2.05) is 48.8 Å². The largest absolute Gasteiger partial charge is 0.480 e. The number of hydrogen-bond acceptors (Lipinski definition) is 5. The highest BCUT2D eigenvalue weighted by atomic mass is 16.6. The molecule has 2 N–H and O–H groups in total. The van der Waals surface area contributed by atoms with Crippen LogP contribution in [0.25, 0.3) is 5.57 Å². The Balaban J connectivity index is 1.16. The van der Waals surface area contributed by atoms with Crippen LogP contribution in [0.2, 0.25) is 0 Å². The van der Waals surface area contributed by atoms with Gasteiger partial charge in [-0.2, -0.15) is 0 Å². The van der Waals surface area contributed by atoms with Crippen molar-refractivity contribution >= 4 is 23.5 Å². The lowest BCUT2D eigenvalue weighted by Gasteiger charge is -2.49. The number of carboxylic acids is 1. The Morgan fingerprint density at radius 1 is 1.13 bits per heavy atom. The predicted molar refractivity (Wildman–Crippen MR) is 174 cm³/mol. The molecule has 0 radical (unpaired) electrons.